The predicted octanol–water partition coefficient (Wildman–Crippen LogP) is -2.30. The van der Waals surface area contributed by atoms with Crippen molar-refractivity contribution >= 4 is 0 Å². The Hall–Kier alpha value is -1.33. The molecule has 0 spiro atoms. The smallest absolute Gasteiger partial charge is 0.177 e. The zero-order valence-corrected chi connectivity index (χ0v) is 8.41. The lowest BCUT2D eigenvalue weighted by molar-refractivity contribution is -0.916. The predicted molar refractivity (Wildman–Crippen MR) is 51.7 cm³/mol. The van der Waals surface area contributed by atoms with Crippen LogP contribution in [0.5, 0.6) is 5.75 Å². The first-order valence-corrected chi connectivity index (χ1v) is 5.09. The van der Waals surface area contributed by atoms with E-state index >= 15 is 0 Å². The second kappa shape index (κ2) is 4.46. The number of quaternary nitrogens is 1. The molecule has 0 radical (unpaired) electrons. The second-order valence-electron chi connectivity index (χ2n) is 3.75. The van der Waals surface area contributed by atoms with E-state index in [1.807, 2.05) is 0 Å². The molecule has 1 saturated heterocycles. The summed E-state index contributed by atoms with van der Waals surface area (Å²) in [5, 5.41) is 14.1. The Bertz CT molecular complexity index is 382. The normalized spacial score (nSPS) is 17.9. The van der Waals surface area contributed by atoms with E-state index in [1.165, 1.54) is 11.0 Å². The van der Waals surface area contributed by atoms with E-state index < -0.39 is 11.2 Å². The third kappa shape index (κ3) is 2.57. The van der Waals surface area contributed by atoms with E-state index in [-0.39, 0.29) is 0 Å². The molecule has 2 N–H and O–H groups in total. The summed E-state index contributed by atoms with van der Waals surface area (Å²) in [7, 11) is 0. The summed E-state index contributed by atoms with van der Waals surface area (Å²) in [5.41, 5.74) is -0.481. The summed E-state index contributed by atoms with van der Waals surface area (Å²) in [6.07, 6.45) is 0.999. The van der Waals surface area contributed by atoms with Crippen molar-refractivity contribution < 1.29 is 14.4 Å². The molecule has 1 fully saturated rings. The third-order valence-corrected chi connectivity index (χ3v) is 2.59. The van der Waals surface area contributed by atoms with Crippen molar-refractivity contribution in [2.24, 2.45) is 0 Å². The van der Waals surface area contributed by atoms with Gasteiger partial charge in [0, 0.05) is 19.2 Å². The SMILES string of the molecule is O=c1cc(C[NH+]2CCNCC2)occ1[O-]. The highest BCUT2D eigenvalue weighted by molar-refractivity contribution is 5.13. The monoisotopic (exact) mass is 210 g/mol. The van der Waals surface area contributed by atoms with Crippen LogP contribution in [0.1, 0.15) is 5.76 Å². The minimum absolute atomic E-state index is 0.481. The lowest BCUT2D eigenvalue weighted by atomic mass is 10.3. The van der Waals surface area contributed by atoms with Gasteiger partial charge in [0.05, 0.1) is 19.4 Å². The molecule has 0 aromatic carbocycles. The summed E-state index contributed by atoms with van der Waals surface area (Å²) >= 11 is 0. The molecule has 82 valence electrons. The Kier molecular flexibility index (Phi) is 3.03. The van der Waals surface area contributed by atoms with Gasteiger partial charge in [-0.05, 0) is 5.75 Å². The molecule has 2 rings (SSSR count). The highest BCUT2D eigenvalue weighted by Crippen LogP contribution is 1.98. The van der Waals surface area contributed by atoms with Crippen LogP contribution in [-0.4, -0.2) is 26.2 Å². The van der Waals surface area contributed by atoms with Gasteiger partial charge in [-0.25, -0.2) is 0 Å². The Morgan fingerprint density at radius 2 is 2.20 bits per heavy atom. The highest BCUT2D eigenvalue weighted by Gasteiger charge is 2.14. The lowest BCUT2D eigenvalue weighted by Crippen LogP contribution is -3.13. The van der Waals surface area contributed by atoms with Crippen molar-refractivity contribution in [3.8, 4) is 5.75 Å². The Morgan fingerprint density at radius 3 is 2.87 bits per heavy atom. The highest BCUT2D eigenvalue weighted by atomic mass is 16.4. The second-order valence-corrected chi connectivity index (χ2v) is 3.75. The van der Waals surface area contributed by atoms with Gasteiger partial charge >= 0.3 is 0 Å². The van der Waals surface area contributed by atoms with E-state index in [0.717, 1.165) is 32.4 Å². The summed E-state index contributed by atoms with van der Waals surface area (Å²) in [4.78, 5) is 12.5. The zero-order valence-electron chi connectivity index (χ0n) is 8.41. The van der Waals surface area contributed by atoms with E-state index in [2.05, 4.69) is 5.32 Å². The summed E-state index contributed by atoms with van der Waals surface area (Å²) < 4.78 is 5.09. The van der Waals surface area contributed by atoms with Gasteiger partial charge < -0.3 is 19.7 Å². The Morgan fingerprint density at radius 1 is 1.47 bits per heavy atom. The molecule has 0 bridgehead atoms. The van der Waals surface area contributed by atoms with Crippen LogP contribution in [0.4, 0.5) is 0 Å². The molecule has 0 atom stereocenters. The molecule has 5 heteroatoms. The van der Waals surface area contributed by atoms with Gasteiger partial charge in [0.2, 0.25) is 0 Å². The fraction of sp³-hybridized carbons (Fsp3) is 0.500. The first-order chi connectivity index (χ1) is 7.25. The first kappa shape index (κ1) is 10.2. The van der Waals surface area contributed by atoms with E-state index in [0.29, 0.717) is 12.3 Å². The van der Waals surface area contributed by atoms with Gasteiger partial charge in [-0.3, -0.25) is 4.79 Å². The number of nitrogens with one attached hydrogen (secondary N) is 2. The van der Waals surface area contributed by atoms with Crippen LogP contribution < -0.4 is 20.8 Å². The van der Waals surface area contributed by atoms with Crippen LogP contribution in [0, 0.1) is 0 Å². The number of piperazine rings is 1. The molecule has 1 aromatic heterocycles. The fourth-order valence-electron chi connectivity index (χ4n) is 1.73. The van der Waals surface area contributed by atoms with Crippen molar-refractivity contribution in [3.05, 3.63) is 28.3 Å². The van der Waals surface area contributed by atoms with Crippen molar-refractivity contribution in [1.29, 1.82) is 0 Å². The van der Waals surface area contributed by atoms with Gasteiger partial charge in [0.1, 0.15) is 6.54 Å². The summed E-state index contributed by atoms with van der Waals surface area (Å²) in [6.45, 7) is 4.68. The standard InChI is InChI=1S/C10H14N2O3/c13-9-5-8(15-7-10(9)14)6-12-3-1-11-2-4-12/h5,7,11,14H,1-4,6H2. The molecule has 15 heavy (non-hydrogen) atoms. The number of rotatable bonds is 2. The maximum absolute atomic E-state index is 11.1. The zero-order chi connectivity index (χ0) is 10.7. The minimum atomic E-state index is -0.575. The van der Waals surface area contributed by atoms with Gasteiger partial charge in [0.25, 0.3) is 0 Å². The molecule has 0 amide bonds. The molecular formula is C10H14N2O3. The average molecular weight is 210 g/mol. The van der Waals surface area contributed by atoms with E-state index in [4.69, 9.17) is 4.42 Å². The molecular weight excluding hydrogens is 196 g/mol. The summed E-state index contributed by atoms with van der Waals surface area (Å²) in [6, 6.07) is 1.30. The molecule has 1 aliphatic rings. The van der Waals surface area contributed by atoms with E-state index in [9.17, 15) is 9.90 Å². The molecule has 1 aromatic rings. The summed E-state index contributed by atoms with van der Waals surface area (Å²) in [5.74, 6) is 0.0190. The topological polar surface area (TPSA) is 69.7 Å². The lowest BCUT2D eigenvalue weighted by Gasteiger charge is -2.23. The van der Waals surface area contributed by atoms with Crippen LogP contribution in [0.2, 0.25) is 0 Å². The van der Waals surface area contributed by atoms with Gasteiger partial charge in [-0.15, -0.1) is 0 Å². The van der Waals surface area contributed by atoms with Crippen molar-refractivity contribution in [2.75, 3.05) is 26.2 Å². The van der Waals surface area contributed by atoms with Crippen LogP contribution in [0.25, 0.3) is 0 Å². The number of hydrogen-bond donors (Lipinski definition) is 2. The van der Waals surface area contributed by atoms with Crippen molar-refractivity contribution in [3.63, 3.8) is 0 Å². The molecule has 0 aliphatic carbocycles. The largest absolute Gasteiger partial charge is 0.868 e. The quantitative estimate of drug-likeness (QED) is 0.576. The van der Waals surface area contributed by atoms with Crippen LogP contribution in [-0.2, 0) is 6.54 Å². The minimum Gasteiger partial charge on any atom is -0.868 e. The molecule has 2 heterocycles. The Labute approximate surface area is 87.3 Å². The average Bonchev–Trinajstić information content (AvgIpc) is 2.25. The first-order valence-electron chi connectivity index (χ1n) is 5.09. The third-order valence-electron chi connectivity index (χ3n) is 2.59. The molecule has 0 unspecified atom stereocenters. The van der Waals surface area contributed by atoms with E-state index in [1.54, 1.807) is 0 Å². The molecule has 1 aliphatic heterocycles. The van der Waals surface area contributed by atoms with Crippen LogP contribution in [0.3, 0.4) is 0 Å². The number of hydrogen-bond acceptors (Lipinski definition) is 4. The van der Waals surface area contributed by atoms with Crippen molar-refractivity contribution in [1.82, 2.24) is 5.32 Å². The van der Waals surface area contributed by atoms with Gasteiger partial charge in [0.15, 0.2) is 11.2 Å². The maximum Gasteiger partial charge on any atom is 0.177 e. The van der Waals surface area contributed by atoms with Crippen LogP contribution in [0.15, 0.2) is 21.5 Å². The van der Waals surface area contributed by atoms with Gasteiger partial charge in [-0.2, -0.15) is 0 Å². The maximum atomic E-state index is 11.1. The Balaban J connectivity index is 2.03. The van der Waals surface area contributed by atoms with Gasteiger partial charge in [-0.1, -0.05) is 0 Å². The fourth-order valence-corrected chi connectivity index (χ4v) is 1.73. The van der Waals surface area contributed by atoms with Crippen LogP contribution >= 0.6 is 0 Å². The van der Waals surface area contributed by atoms with Crippen molar-refractivity contribution in [2.45, 2.75) is 6.54 Å². The molecule has 0 saturated carbocycles. The molecule has 5 nitrogen and oxygen atoms in total.